The Morgan fingerprint density at radius 3 is 2.31 bits per heavy atom. The molecule has 1 unspecified atom stereocenters. The summed E-state index contributed by atoms with van der Waals surface area (Å²) in [7, 11) is 1.99. The van der Waals surface area contributed by atoms with Crippen LogP contribution in [0.3, 0.4) is 0 Å². The van der Waals surface area contributed by atoms with Gasteiger partial charge in [-0.15, -0.1) is 0 Å². The standard InChI is InChI=1S/C25H23ClN2O/c1-18-21(13-14-22(26)24(18)20-11-7-4-8-12-20)25(23-15-27-17-28(23)2)29-16-19-9-5-3-6-10-19/h3-15,17,25H,16H2,1-2H3. The van der Waals surface area contributed by atoms with Gasteiger partial charge in [-0.1, -0.05) is 78.3 Å². The normalized spacial score (nSPS) is 12.1. The number of aryl methyl sites for hydroxylation is 1. The largest absolute Gasteiger partial charge is 0.362 e. The Bertz CT molecular complexity index is 1090. The van der Waals surface area contributed by atoms with Crippen molar-refractivity contribution >= 4 is 11.6 Å². The van der Waals surface area contributed by atoms with E-state index in [1.54, 1.807) is 6.33 Å². The number of imidazole rings is 1. The Hall–Kier alpha value is -2.88. The van der Waals surface area contributed by atoms with Crippen molar-refractivity contribution in [2.45, 2.75) is 19.6 Å². The Morgan fingerprint density at radius 2 is 1.66 bits per heavy atom. The lowest BCUT2D eigenvalue weighted by Gasteiger charge is -2.23. The molecule has 0 aliphatic carbocycles. The van der Waals surface area contributed by atoms with Crippen molar-refractivity contribution in [1.82, 2.24) is 9.55 Å². The molecule has 1 heterocycles. The Morgan fingerprint density at radius 1 is 0.966 bits per heavy atom. The van der Waals surface area contributed by atoms with Crippen LogP contribution in [0, 0.1) is 6.92 Å². The third kappa shape index (κ3) is 4.12. The Kier molecular flexibility index (Phi) is 5.79. The van der Waals surface area contributed by atoms with Gasteiger partial charge in [0.25, 0.3) is 0 Å². The molecule has 0 spiro atoms. The molecule has 29 heavy (non-hydrogen) atoms. The predicted octanol–water partition coefficient (Wildman–Crippen LogP) is 6.36. The minimum absolute atomic E-state index is 0.248. The van der Waals surface area contributed by atoms with E-state index in [9.17, 15) is 0 Å². The molecule has 4 aromatic rings. The molecular weight excluding hydrogens is 380 g/mol. The molecule has 0 bridgehead atoms. The zero-order valence-electron chi connectivity index (χ0n) is 16.5. The van der Waals surface area contributed by atoms with Gasteiger partial charge in [0, 0.05) is 17.6 Å². The van der Waals surface area contributed by atoms with Gasteiger partial charge in [-0.2, -0.15) is 0 Å². The molecule has 0 saturated heterocycles. The maximum Gasteiger partial charge on any atom is 0.125 e. The number of nitrogens with zero attached hydrogens (tertiary/aromatic N) is 2. The number of hydrogen-bond donors (Lipinski definition) is 0. The second-order valence-corrected chi connectivity index (χ2v) is 7.52. The van der Waals surface area contributed by atoms with Crippen molar-refractivity contribution in [3.63, 3.8) is 0 Å². The van der Waals surface area contributed by atoms with Gasteiger partial charge in [0.2, 0.25) is 0 Å². The van der Waals surface area contributed by atoms with Crippen molar-refractivity contribution in [1.29, 1.82) is 0 Å². The number of rotatable bonds is 6. The molecule has 3 aromatic carbocycles. The second kappa shape index (κ2) is 8.64. The summed E-state index contributed by atoms with van der Waals surface area (Å²) >= 11 is 6.61. The topological polar surface area (TPSA) is 27.1 Å². The third-order valence-corrected chi connectivity index (χ3v) is 5.50. The highest BCUT2D eigenvalue weighted by molar-refractivity contribution is 6.33. The number of benzene rings is 3. The van der Waals surface area contributed by atoms with Gasteiger partial charge in [-0.05, 0) is 35.2 Å². The first-order chi connectivity index (χ1) is 14.1. The van der Waals surface area contributed by atoms with Gasteiger partial charge in [0.05, 0.1) is 24.8 Å². The minimum Gasteiger partial charge on any atom is -0.362 e. The molecule has 1 aromatic heterocycles. The molecule has 0 fully saturated rings. The van der Waals surface area contributed by atoms with Crippen LogP contribution in [-0.4, -0.2) is 9.55 Å². The zero-order valence-corrected chi connectivity index (χ0v) is 17.3. The highest BCUT2D eigenvalue weighted by atomic mass is 35.5. The molecule has 1 atom stereocenters. The van der Waals surface area contributed by atoms with E-state index >= 15 is 0 Å². The first-order valence-corrected chi connectivity index (χ1v) is 9.99. The van der Waals surface area contributed by atoms with Crippen LogP contribution in [0.15, 0.2) is 85.3 Å². The van der Waals surface area contributed by atoms with Crippen molar-refractivity contribution < 1.29 is 4.74 Å². The summed E-state index contributed by atoms with van der Waals surface area (Å²) in [4.78, 5) is 4.31. The summed E-state index contributed by atoms with van der Waals surface area (Å²) < 4.78 is 8.45. The van der Waals surface area contributed by atoms with Gasteiger partial charge in [-0.3, -0.25) is 0 Å². The molecule has 0 aliphatic rings. The molecule has 4 rings (SSSR count). The molecule has 0 N–H and O–H groups in total. The van der Waals surface area contributed by atoms with Crippen LogP contribution in [0.4, 0.5) is 0 Å². The number of hydrogen-bond acceptors (Lipinski definition) is 2. The fourth-order valence-corrected chi connectivity index (χ4v) is 3.96. The summed E-state index contributed by atoms with van der Waals surface area (Å²) in [6, 6.07) is 24.5. The van der Waals surface area contributed by atoms with E-state index in [2.05, 4.69) is 42.2 Å². The van der Waals surface area contributed by atoms with Crippen molar-refractivity contribution in [3.8, 4) is 11.1 Å². The summed E-state index contributed by atoms with van der Waals surface area (Å²) in [5.74, 6) is 0. The fourth-order valence-electron chi connectivity index (χ4n) is 3.65. The maximum atomic E-state index is 6.61. The van der Waals surface area contributed by atoms with Crippen LogP contribution in [0.5, 0.6) is 0 Å². The van der Waals surface area contributed by atoms with Gasteiger partial charge >= 0.3 is 0 Å². The number of ether oxygens (including phenoxy) is 1. The molecule has 3 nitrogen and oxygen atoms in total. The van der Waals surface area contributed by atoms with E-state index in [-0.39, 0.29) is 6.10 Å². The second-order valence-electron chi connectivity index (χ2n) is 7.11. The average molecular weight is 403 g/mol. The molecule has 0 aliphatic heterocycles. The average Bonchev–Trinajstić information content (AvgIpc) is 3.17. The van der Waals surface area contributed by atoms with Crippen LogP contribution in [0.25, 0.3) is 11.1 Å². The minimum atomic E-state index is -0.248. The van der Waals surface area contributed by atoms with E-state index < -0.39 is 0 Å². The van der Waals surface area contributed by atoms with Crippen molar-refractivity contribution in [2.75, 3.05) is 0 Å². The van der Waals surface area contributed by atoms with Crippen LogP contribution < -0.4 is 0 Å². The van der Waals surface area contributed by atoms with Gasteiger partial charge in [-0.25, -0.2) is 4.98 Å². The van der Waals surface area contributed by atoms with Crippen LogP contribution in [0.2, 0.25) is 5.02 Å². The Labute approximate surface area is 176 Å². The first-order valence-electron chi connectivity index (χ1n) is 9.61. The lowest BCUT2D eigenvalue weighted by atomic mass is 9.92. The van der Waals surface area contributed by atoms with E-state index in [1.165, 1.54) is 0 Å². The van der Waals surface area contributed by atoms with Gasteiger partial charge < -0.3 is 9.30 Å². The molecule has 0 radical (unpaired) electrons. The highest BCUT2D eigenvalue weighted by Gasteiger charge is 2.23. The number of halogens is 1. The monoisotopic (exact) mass is 402 g/mol. The third-order valence-electron chi connectivity index (χ3n) is 5.18. The predicted molar refractivity (Wildman–Crippen MR) is 118 cm³/mol. The lowest BCUT2D eigenvalue weighted by Crippen LogP contribution is -2.12. The van der Waals surface area contributed by atoms with Crippen LogP contribution in [0.1, 0.15) is 28.5 Å². The Balaban J connectivity index is 1.78. The first kappa shape index (κ1) is 19.4. The summed E-state index contributed by atoms with van der Waals surface area (Å²) in [5.41, 5.74) is 6.49. The molecule has 146 valence electrons. The highest BCUT2D eigenvalue weighted by Crippen LogP contribution is 2.38. The molecule has 0 saturated carbocycles. The van der Waals surface area contributed by atoms with E-state index in [4.69, 9.17) is 16.3 Å². The summed E-state index contributed by atoms with van der Waals surface area (Å²) in [5, 5.41) is 0.740. The quantitative estimate of drug-likeness (QED) is 0.375. The van der Waals surface area contributed by atoms with Crippen LogP contribution in [-0.2, 0) is 18.4 Å². The SMILES string of the molecule is Cc1c(C(OCc2ccccc2)c2cncn2C)ccc(Cl)c1-c1ccccc1. The van der Waals surface area contributed by atoms with Crippen molar-refractivity contribution in [3.05, 3.63) is 113 Å². The van der Waals surface area contributed by atoms with E-state index in [1.807, 2.05) is 60.3 Å². The molecular formula is C25H23ClN2O. The van der Waals surface area contributed by atoms with E-state index in [0.717, 1.165) is 38.5 Å². The number of aromatic nitrogens is 2. The van der Waals surface area contributed by atoms with Crippen molar-refractivity contribution in [2.24, 2.45) is 7.05 Å². The molecule has 0 amide bonds. The van der Waals surface area contributed by atoms with Crippen LogP contribution >= 0.6 is 11.6 Å². The maximum absolute atomic E-state index is 6.61. The zero-order chi connectivity index (χ0) is 20.2. The fraction of sp³-hybridized carbons (Fsp3) is 0.160. The molecule has 4 heteroatoms. The smallest absolute Gasteiger partial charge is 0.125 e. The summed E-state index contributed by atoms with van der Waals surface area (Å²) in [6.45, 7) is 2.62. The lowest BCUT2D eigenvalue weighted by molar-refractivity contribution is 0.0618. The van der Waals surface area contributed by atoms with Gasteiger partial charge in [0.15, 0.2) is 0 Å². The van der Waals surface area contributed by atoms with E-state index in [0.29, 0.717) is 6.61 Å². The summed E-state index contributed by atoms with van der Waals surface area (Å²) in [6.07, 6.45) is 3.42. The van der Waals surface area contributed by atoms with Gasteiger partial charge in [0.1, 0.15) is 6.10 Å².